The smallest absolute Gasteiger partial charge is 0.265 e. The second kappa shape index (κ2) is 6.35. The van der Waals surface area contributed by atoms with Gasteiger partial charge in [0.2, 0.25) is 6.10 Å². The minimum absolute atomic E-state index is 0.181. The summed E-state index contributed by atoms with van der Waals surface area (Å²) in [5.74, 6) is 2.39. The Bertz CT molecular complexity index is 922. The minimum Gasteiger partial charge on any atom is -0.497 e. The zero-order valence-electron chi connectivity index (χ0n) is 13.6. The van der Waals surface area contributed by atoms with E-state index in [-0.39, 0.29) is 19.1 Å². The Balaban J connectivity index is 1.40. The standard InChI is InChI=1S/C18H17N3O4/c1-23-11-6-7-12-13(8-11)21-17(20-12)9-19-18(22)16-10-24-14-4-2-3-5-15(14)25-16/h2-8,16H,9-10H2,1H3,(H,19,22)(H,20,21)/t16-/m0/s1. The Morgan fingerprint density at radius 1 is 1.32 bits per heavy atom. The number of fused-ring (bicyclic) bond motifs is 2. The fraction of sp³-hybridized carbons (Fsp3) is 0.222. The number of hydrogen-bond donors (Lipinski definition) is 2. The molecule has 128 valence electrons. The normalized spacial score (nSPS) is 15.8. The SMILES string of the molecule is COc1ccc2nc(CNC(=O)[C@@H]3COc4ccccc4O3)[nH]c2c1. The van der Waals surface area contributed by atoms with Gasteiger partial charge in [-0.05, 0) is 24.3 Å². The molecule has 0 spiro atoms. The van der Waals surface area contributed by atoms with Gasteiger partial charge >= 0.3 is 0 Å². The first-order valence-electron chi connectivity index (χ1n) is 7.92. The molecule has 0 saturated heterocycles. The fourth-order valence-corrected chi connectivity index (χ4v) is 2.69. The van der Waals surface area contributed by atoms with Crippen molar-refractivity contribution in [3.05, 3.63) is 48.3 Å². The van der Waals surface area contributed by atoms with Crippen LogP contribution in [0.3, 0.4) is 0 Å². The molecular weight excluding hydrogens is 322 g/mol. The summed E-state index contributed by atoms with van der Waals surface area (Å²) in [6, 6.07) is 12.9. The molecule has 0 saturated carbocycles. The van der Waals surface area contributed by atoms with Gasteiger partial charge in [0.25, 0.3) is 5.91 Å². The van der Waals surface area contributed by atoms with Crippen LogP contribution >= 0.6 is 0 Å². The van der Waals surface area contributed by atoms with Crippen molar-refractivity contribution in [1.29, 1.82) is 0 Å². The second-order valence-electron chi connectivity index (χ2n) is 5.65. The number of H-pyrrole nitrogens is 1. The molecule has 25 heavy (non-hydrogen) atoms. The average Bonchev–Trinajstić information content (AvgIpc) is 3.07. The number of carbonyl (C=O) groups is 1. The molecule has 1 aliphatic rings. The van der Waals surface area contributed by atoms with Crippen molar-refractivity contribution in [3.63, 3.8) is 0 Å². The largest absolute Gasteiger partial charge is 0.497 e. The highest BCUT2D eigenvalue weighted by Crippen LogP contribution is 2.30. The third kappa shape index (κ3) is 3.08. The maximum absolute atomic E-state index is 12.3. The monoisotopic (exact) mass is 339 g/mol. The number of para-hydroxylation sites is 2. The van der Waals surface area contributed by atoms with Gasteiger partial charge in [-0.2, -0.15) is 0 Å². The van der Waals surface area contributed by atoms with Crippen molar-refractivity contribution < 1.29 is 19.0 Å². The Labute approximate surface area is 143 Å². The number of nitrogens with one attached hydrogen (secondary N) is 2. The van der Waals surface area contributed by atoms with Crippen LogP contribution in [0.25, 0.3) is 11.0 Å². The van der Waals surface area contributed by atoms with E-state index in [1.165, 1.54) is 0 Å². The van der Waals surface area contributed by atoms with Crippen LogP contribution in [0.5, 0.6) is 17.2 Å². The molecule has 1 atom stereocenters. The molecule has 1 amide bonds. The van der Waals surface area contributed by atoms with Crippen LogP contribution in [0.4, 0.5) is 0 Å². The van der Waals surface area contributed by atoms with Crippen molar-refractivity contribution in [2.45, 2.75) is 12.6 Å². The Morgan fingerprint density at radius 2 is 2.16 bits per heavy atom. The third-order valence-corrected chi connectivity index (χ3v) is 3.97. The average molecular weight is 339 g/mol. The number of hydrogen-bond acceptors (Lipinski definition) is 5. The molecular formula is C18H17N3O4. The Morgan fingerprint density at radius 3 is 3.00 bits per heavy atom. The van der Waals surface area contributed by atoms with Gasteiger partial charge < -0.3 is 24.5 Å². The minimum atomic E-state index is -0.681. The number of carbonyl (C=O) groups excluding carboxylic acids is 1. The van der Waals surface area contributed by atoms with Crippen molar-refractivity contribution in [1.82, 2.24) is 15.3 Å². The van der Waals surface area contributed by atoms with Crippen LogP contribution in [-0.4, -0.2) is 35.7 Å². The molecule has 0 bridgehead atoms. The van der Waals surface area contributed by atoms with Gasteiger partial charge in [-0.3, -0.25) is 4.79 Å². The molecule has 2 aromatic carbocycles. The van der Waals surface area contributed by atoms with Crippen LogP contribution in [0.1, 0.15) is 5.82 Å². The lowest BCUT2D eigenvalue weighted by atomic mass is 10.2. The number of nitrogens with zero attached hydrogens (tertiary/aromatic N) is 1. The van der Waals surface area contributed by atoms with Crippen LogP contribution in [0.15, 0.2) is 42.5 Å². The van der Waals surface area contributed by atoms with Gasteiger partial charge in [0.05, 0.1) is 24.7 Å². The highest BCUT2D eigenvalue weighted by molar-refractivity contribution is 5.82. The van der Waals surface area contributed by atoms with Crippen molar-refractivity contribution in [2.75, 3.05) is 13.7 Å². The first-order chi connectivity index (χ1) is 12.2. The number of benzene rings is 2. The Hall–Kier alpha value is -3.22. The summed E-state index contributed by atoms with van der Waals surface area (Å²) in [7, 11) is 1.61. The molecule has 7 nitrogen and oxygen atoms in total. The van der Waals surface area contributed by atoms with Crippen LogP contribution in [0, 0.1) is 0 Å². The fourth-order valence-electron chi connectivity index (χ4n) is 2.69. The van der Waals surface area contributed by atoms with Gasteiger partial charge in [-0.15, -0.1) is 0 Å². The van der Waals surface area contributed by atoms with Gasteiger partial charge in [-0.1, -0.05) is 12.1 Å². The number of aromatic amines is 1. The predicted octanol–water partition coefficient (Wildman–Crippen LogP) is 2.03. The highest BCUT2D eigenvalue weighted by Gasteiger charge is 2.27. The summed E-state index contributed by atoms with van der Waals surface area (Å²) in [5.41, 5.74) is 1.67. The zero-order valence-corrected chi connectivity index (χ0v) is 13.6. The summed E-state index contributed by atoms with van der Waals surface area (Å²) >= 11 is 0. The molecule has 7 heteroatoms. The first-order valence-corrected chi connectivity index (χ1v) is 7.92. The number of methoxy groups -OCH3 is 1. The molecule has 3 aromatic rings. The van der Waals surface area contributed by atoms with Gasteiger partial charge in [0, 0.05) is 6.07 Å². The first kappa shape index (κ1) is 15.3. The molecule has 4 rings (SSSR count). The number of aromatic nitrogens is 2. The lowest BCUT2D eigenvalue weighted by molar-refractivity contribution is -0.130. The van der Waals surface area contributed by atoms with Gasteiger partial charge in [0.15, 0.2) is 11.5 Å². The molecule has 0 radical (unpaired) electrons. The quantitative estimate of drug-likeness (QED) is 0.760. The van der Waals surface area contributed by atoms with E-state index in [4.69, 9.17) is 14.2 Å². The number of rotatable bonds is 4. The van der Waals surface area contributed by atoms with Crippen LogP contribution < -0.4 is 19.5 Å². The van der Waals surface area contributed by atoms with Crippen molar-refractivity contribution in [2.24, 2.45) is 0 Å². The maximum Gasteiger partial charge on any atom is 0.265 e. The molecule has 0 aliphatic carbocycles. The summed E-state index contributed by atoms with van der Waals surface area (Å²) in [6.07, 6.45) is -0.681. The van der Waals surface area contributed by atoms with Crippen LogP contribution in [0.2, 0.25) is 0 Å². The summed E-state index contributed by atoms with van der Waals surface area (Å²) in [4.78, 5) is 19.9. The van der Waals surface area contributed by atoms with E-state index in [9.17, 15) is 4.79 Å². The number of imidazole rings is 1. The molecule has 0 fully saturated rings. The lowest BCUT2D eigenvalue weighted by Gasteiger charge is -2.25. The van der Waals surface area contributed by atoms with E-state index in [2.05, 4.69) is 15.3 Å². The zero-order chi connectivity index (χ0) is 17.2. The van der Waals surface area contributed by atoms with Crippen molar-refractivity contribution >= 4 is 16.9 Å². The summed E-state index contributed by atoms with van der Waals surface area (Å²) in [5, 5.41) is 2.82. The molecule has 1 aromatic heterocycles. The van der Waals surface area contributed by atoms with Gasteiger partial charge in [-0.25, -0.2) is 4.98 Å². The van der Waals surface area contributed by atoms with Crippen LogP contribution in [-0.2, 0) is 11.3 Å². The van der Waals surface area contributed by atoms with E-state index >= 15 is 0 Å². The maximum atomic E-state index is 12.3. The summed E-state index contributed by atoms with van der Waals surface area (Å²) in [6.45, 7) is 0.456. The van der Waals surface area contributed by atoms with Gasteiger partial charge in [0.1, 0.15) is 18.2 Å². The van der Waals surface area contributed by atoms with Crippen molar-refractivity contribution in [3.8, 4) is 17.2 Å². The van der Waals surface area contributed by atoms with E-state index in [0.717, 1.165) is 16.8 Å². The molecule has 2 N–H and O–H groups in total. The summed E-state index contributed by atoms with van der Waals surface area (Å²) < 4.78 is 16.4. The van der Waals surface area contributed by atoms with E-state index in [1.54, 1.807) is 13.2 Å². The molecule has 1 aliphatic heterocycles. The van der Waals surface area contributed by atoms with E-state index in [0.29, 0.717) is 17.3 Å². The second-order valence-corrected chi connectivity index (χ2v) is 5.65. The van der Waals surface area contributed by atoms with E-state index < -0.39 is 6.10 Å². The third-order valence-electron chi connectivity index (χ3n) is 3.97. The number of amides is 1. The molecule has 2 heterocycles. The number of ether oxygens (including phenoxy) is 3. The predicted molar refractivity (Wildman–Crippen MR) is 90.8 cm³/mol. The molecule has 0 unspecified atom stereocenters. The lowest BCUT2D eigenvalue weighted by Crippen LogP contribution is -2.43. The highest BCUT2D eigenvalue weighted by atomic mass is 16.6. The van der Waals surface area contributed by atoms with E-state index in [1.807, 2.05) is 36.4 Å². The Kier molecular flexibility index (Phi) is 3.89. The topological polar surface area (TPSA) is 85.5 Å².